The summed E-state index contributed by atoms with van der Waals surface area (Å²) in [5, 5.41) is 10.7. The van der Waals surface area contributed by atoms with Crippen molar-refractivity contribution in [1.82, 2.24) is 0 Å². The molecule has 0 unspecified atom stereocenters. The number of nitrogens with zero attached hydrogens (tertiary/aromatic N) is 1. The van der Waals surface area contributed by atoms with Crippen molar-refractivity contribution >= 4 is 21.4 Å². The third-order valence-corrected chi connectivity index (χ3v) is 4.55. The summed E-state index contributed by atoms with van der Waals surface area (Å²) in [7, 11) is -3.92. The number of nitro groups is 1. The highest BCUT2D eigenvalue weighted by Crippen LogP contribution is 2.25. The number of nitrogens with one attached hydrogen (secondary N) is 1. The maximum Gasteiger partial charge on any atom is 0.306 e. The van der Waals surface area contributed by atoms with Crippen molar-refractivity contribution in [3.8, 4) is 0 Å². The second-order valence-corrected chi connectivity index (χ2v) is 6.45. The molecular weight excluding hydrogens is 311 g/mol. The van der Waals surface area contributed by atoms with E-state index in [1.165, 1.54) is 6.07 Å². The van der Waals surface area contributed by atoms with Gasteiger partial charge in [0.25, 0.3) is 10.0 Å². The summed E-state index contributed by atoms with van der Waals surface area (Å²) in [4.78, 5) is 9.85. The number of nitro benzene ring substituents is 1. The fourth-order valence-corrected chi connectivity index (χ4v) is 3.30. The molecule has 0 atom stereocenters. The lowest BCUT2D eigenvalue weighted by atomic mass is 10.2. The molecule has 0 spiro atoms. The zero-order chi connectivity index (χ0) is 16.5. The Labute approximate surface area is 126 Å². The first-order valence-electron chi connectivity index (χ1n) is 6.25. The van der Waals surface area contributed by atoms with E-state index >= 15 is 0 Å². The van der Waals surface area contributed by atoms with E-state index in [0.717, 1.165) is 23.8 Å². The third-order valence-electron chi connectivity index (χ3n) is 3.03. The Morgan fingerprint density at radius 2 is 1.82 bits per heavy atom. The lowest BCUT2D eigenvalue weighted by Crippen LogP contribution is -2.14. The molecule has 0 saturated heterocycles. The number of rotatable bonds is 4. The molecule has 2 aromatic rings. The molecule has 0 heterocycles. The van der Waals surface area contributed by atoms with Crippen LogP contribution in [-0.2, 0) is 10.0 Å². The number of hydrogen-bond acceptors (Lipinski definition) is 4. The predicted molar refractivity (Wildman–Crippen MR) is 79.8 cm³/mol. The maximum absolute atomic E-state index is 13.3. The van der Waals surface area contributed by atoms with Crippen LogP contribution in [0.2, 0.25) is 0 Å². The van der Waals surface area contributed by atoms with Gasteiger partial charge in [-0.05, 0) is 43.2 Å². The van der Waals surface area contributed by atoms with E-state index in [2.05, 4.69) is 4.72 Å². The number of benzene rings is 2. The quantitative estimate of drug-likeness (QED) is 0.691. The van der Waals surface area contributed by atoms with Crippen molar-refractivity contribution in [3.63, 3.8) is 0 Å². The van der Waals surface area contributed by atoms with Gasteiger partial charge in [-0.15, -0.1) is 0 Å². The Hall–Kier alpha value is -2.48. The summed E-state index contributed by atoms with van der Waals surface area (Å²) in [5.41, 5.74) is 0.431. The molecule has 0 saturated carbocycles. The number of sulfonamides is 1. The van der Waals surface area contributed by atoms with E-state index < -0.39 is 26.5 Å². The summed E-state index contributed by atoms with van der Waals surface area (Å²) in [6.45, 7) is 3.39. The van der Waals surface area contributed by atoms with Gasteiger partial charge >= 0.3 is 5.69 Å². The molecule has 0 bridgehead atoms. The Kier molecular flexibility index (Phi) is 4.14. The van der Waals surface area contributed by atoms with Gasteiger partial charge < -0.3 is 0 Å². The molecule has 0 aliphatic carbocycles. The average molecular weight is 324 g/mol. The van der Waals surface area contributed by atoms with Crippen LogP contribution in [0.3, 0.4) is 0 Å². The second-order valence-electron chi connectivity index (χ2n) is 4.80. The molecule has 2 aromatic carbocycles. The Morgan fingerprint density at radius 1 is 1.14 bits per heavy atom. The van der Waals surface area contributed by atoms with Crippen LogP contribution in [0.15, 0.2) is 41.3 Å². The molecule has 0 fully saturated rings. The van der Waals surface area contributed by atoms with Gasteiger partial charge in [0.1, 0.15) is 0 Å². The third kappa shape index (κ3) is 3.22. The van der Waals surface area contributed by atoms with Gasteiger partial charge in [0.15, 0.2) is 0 Å². The average Bonchev–Trinajstić information content (AvgIpc) is 2.43. The van der Waals surface area contributed by atoms with Crippen molar-refractivity contribution in [2.45, 2.75) is 18.7 Å². The minimum atomic E-state index is -3.92. The molecular formula is C14H13FN2O4S. The van der Waals surface area contributed by atoms with Gasteiger partial charge in [0.05, 0.1) is 15.5 Å². The van der Waals surface area contributed by atoms with Gasteiger partial charge in [0, 0.05) is 6.07 Å². The second kappa shape index (κ2) is 5.72. The molecule has 0 aromatic heterocycles. The van der Waals surface area contributed by atoms with Crippen LogP contribution in [0.4, 0.5) is 15.8 Å². The molecule has 6 nitrogen and oxygen atoms in total. The normalized spacial score (nSPS) is 11.2. The van der Waals surface area contributed by atoms with E-state index in [1.807, 2.05) is 0 Å². The van der Waals surface area contributed by atoms with E-state index in [1.54, 1.807) is 26.0 Å². The maximum atomic E-state index is 13.3. The van der Waals surface area contributed by atoms with Crippen LogP contribution in [0.25, 0.3) is 0 Å². The highest BCUT2D eigenvalue weighted by Gasteiger charge is 2.20. The van der Waals surface area contributed by atoms with Crippen molar-refractivity contribution in [1.29, 1.82) is 0 Å². The van der Waals surface area contributed by atoms with Gasteiger partial charge in [-0.2, -0.15) is 4.39 Å². The zero-order valence-corrected chi connectivity index (χ0v) is 12.6. The number of aryl methyl sites for hydroxylation is 2. The van der Waals surface area contributed by atoms with Gasteiger partial charge in [-0.25, -0.2) is 8.42 Å². The molecule has 8 heteroatoms. The standard InChI is InChI=1S/C14H13FN2O4S/c1-9-3-4-10(2)14(7-9)22(20,21)16-11-5-6-12(15)13(8-11)17(18)19/h3-8,16H,1-2H3. The first-order chi connectivity index (χ1) is 10.2. The van der Waals surface area contributed by atoms with Gasteiger partial charge in [-0.3, -0.25) is 14.8 Å². The van der Waals surface area contributed by atoms with Crippen LogP contribution in [0, 0.1) is 29.8 Å². The zero-order valence-electron chi connectivity index (χ0n) is 11.8. The largest absolute Gasteiger partial charge is 0.306 e. The number of hydrogen-bond donors (Lipinski definition) is 1. The SMILES string of the molecule is Cc1ccc(C)c(S(=O)(=O)Nc2ccc(F)c([N+](=O)[O-])c2)c1. The van der Waals surface area contributed by atoms with Crippen LogP contribution in [-0.4, -0.2) is 13.3 Å². The number of halogens is 1. The van der Waals surface area contributed by atoms with Crippen LogP contribution in [0.5, 0.6) is 0 Å². The summed E-state index contributed by atoms with van der Waals surface area (Å²) < 4.78 is 40.2. The van der Waals surface area contributed by atoms with E-state index in [4.69, 9.17) is 0 Å². The highest BCUT2D eigenvalue weighted by molar-refractivity contribution is 7.92. The molecule has 0 aliphatic heterocycles. The summed E-state index contributed by atoms with van der Waals surface area (Å²) in [6, 6.07) is 7.76. The van der Waals surface area contributed by atoms with Crippen LogP contribution in [0.1, 0.15) is 11.1 Å². The van der Waals surface area contributed by atoms with E-state index in [9.17, 15) is 22.9 Å². The summed E-state index contributed by atoms with van der Waals surface area (Å²) in [5.74, 6) is -1.03. The Bertz CT molecular complexity index is 850. The molecule has 0 aliphatic rings. The van der Waals surface area contributed by atoms with Gasteiger partial charge in [-0.1, -0.05) is 12.1 Å². The number of anilines is 1. The van der Waals surface area contributed by atoms with E-state index in [0.29, 0.717) is 5.56 Å². The summed E-state index contributed by atoms with van der Waals surface area (Å²) in [6.07, 6.45) is 0. The van der Waals surface area contributed by atoms with Crippen molar-refractivity contribution in [2.75, 3.05) is 4.72 Å². The molecule has 22 heavy (non-hydrogen) atoms. The van der Waals surface area contributed by atoms with Crippen molar-refractivity contribution < 1.29 is 17.7 Å². The fraction of sp³-hybridized carbons (Fsp3) is 0.143. The predicted octanol–water partition coefficient (Wildman–Crippen LogP) is 3.15. The summed E-state index contributed by atoms with van der Waals surface area (Å²) >= 11 is 0. The lowest BCUT2D eigenvalue weighted by Gasteiger charge is -2.11. The van der Waals surface area contributed by atoms with Crippen molar-refractivity contribution in [2.24, 2.45) is 0 Å². The molecule has 0 amide bonds. The van der Waals surface area contributed by atoms with Crippen molar-refractivity contribution in [3.05, 3.63) is 63.5 Å². The lowest BCUT2D eigenvalue weighted by molar-refractivity contribution is -0.387. The monoisotopic (exact) mass is 324 g/mol. The first-order valence-corrected chi connectivity index (χ1v) is 7.73. The van der Waals surface area contributed by atoms with Crippen LogP contribution >= 0.6 is 0 Å². The molecule has 1 N–H and O–H groups in total. The molecule has 2 rings (SSSR count). The first kappa shape index (κ1) is 15.9. The Balaban J connectivity index is 2.43. The Morgan fingerprint density at radius 3 is 2.45 bits per heavy atom. The van der Waals surface area contributed by atoms with Crippen LogP contribution < -0.4 is 4.72 Å². The topological polar surface area (TPSA) is 89.3 Å². The molecule has 0 radical (unpaired) electrons. The smallest absolute Gasteiger partial charge is 0.279 e. The molecule has 116 valence electrons. The highest BCUT2D eigenvalue weighted by atomic mass is 32.2. The van der Waals surface area contributed by atoms with Gasteiger partial charge in [0.2, 0.25) is 5.82 Å². The minimum absolute atomic E-state index is 0.0690. The minimum Gasteiger partial charge on any atom is -0.279 e. The fourth-order valence-electron chi connectivity index (χ4n) is 1.92. The van der Waals surface area contributed by atoms with E-state index in [-0.39, 0.29) is 10.6 Å².